The van der Waals surface area contributed by atoms with Crippen molar-refractivity contribution in [1.82, 2.24) is 14.1 Å². The summed E-state index contributed by atoms with van der Waals surface area (Å²) in [5, 5.41) is 0. The zero-order valence-electron chi connectivity index (χ0n) is 16.6. The van der Waals surface area contributed by atoms with Crippen molar-refractivity contribution in [3.8, 4) is 0 Å². The molecule has 2 aliphatic rings. The van der Waals surface area contributed by atoms with Gasteiger partial charge in [-0.3, -0.25) is 9.80 Å². The fraction of sp³-hybridized carbons (Fsp3) is 0.700. The summed E-state index contributed by atoms with van der Waals surface area (Å²) in [4.78, 5) is 4.67. The Bertz CT molecular complexity index is 687. The number of ether oxygens (including phenoxy) is 1. The molecule has 0 spiro atoms. The number of aryl methyl sites for hydroxylation is 1. The fourth-order valence-electron chi connectivity index (χ4n) is 4.01. The van der Waals surface area contributed by atoms with E-state index >= 15 is 0 Å². The van der Waals surface area contributed by atoms with Crippen LogP contribution in [0.5, 0.6) is 0 Å². The van der Waals surface area contributed by atoms with Gasteiger partial charge >= 0.3 is 0 Å². The van der Waals surface area contributed by atoms with Gasteiger partial charge in [0.25, 0.3) is 0 Å². The quantitative estimate of drug-likeness (QED) is 0.666. The molecule has 0 N–H and O–H groups in total. The highest BCUT2D eigenvalue weighted by molar-refractivity contribution is 7.88. The molecule has 6 nitrogen and oxygen atoms in total. The van der Waals surface area contributed by atoms with Crippen LogP contribution in [0.2, 0.25) is 0 Å². The Labute approximate surface area is 164 Å². The molecule has 2 saturated heterocycles. The van der Waals surface area contributed by atoms with Crippen LogP contribution in [0.1, 0.15) is 24.5 Å². The zero-order valence-corrected chi connectivity index (χ0v) is 17.5. The van der Waals surface area contributed by atoms with Gasteiger partial charge in [-0.1, -0.05) is 31.2 Å². The molecule has 1 aromatic carbocycles. The van der Waals surface area contributed by atoms with Gasteiger partial charge in [-0.05, 0) is 24.0 Å². The Kier molecular flexibility index (Phi) is 7.28. The summed E-state index contributed by atoms with van der Waals surface area (Å²) in [5.41, 5.74) is 2.65. The van der Waals surface area contributed by atoms with Gasteiger partial charge in [0, 0.05) is 51.9 Å². The maximum atomic E-state index is 12.4. The normalized spacial score (nSPS) is 22.6. The van der Waals surface area contributed by atoms with Crippen LogP contribution in [-0.4, -0.2) is 87.3 Å². The van der Waals surface area contributed by atoms with E-state index < -0.39 is 10.0 Å². The molecule has 0 saturated carbocycles. The largest absolute Gasteiger partial charge is 0.379 e. The van der Waals surface area contributed by atoms with Gasteiger partial charge in [0.2, 0.25) is 10.0 Å². The summed E-state index contributed by atoms with van der Waals surface area (Å²) in [6, 6.07) is 8.84. The minimum atomic E-state index is -3.21. The number of morpholine rings is 1. The number of hydrogen-bond donors (Lipinski definition) is 0. The summed E-state index contributed by atoms with van der Waals surface area (Å²) in [6.45, 7) is 9.44. The number of sulfonamides is 1. The summed E-state index contributed by atoms with van der Waals surface area (Å²) in [7, 11) is -3.21. The maximum absolute atomic E-state index is 12.4. The van der Waals surface area contributed by atoms with E-state index in [1.807, 2.05) is 0 Å². The van der Waals surface area contributed by atoms with Crippen LogP contribution in [0, 0.1) is 0 Å². The summed E-state index contributed by atoms with van der Waals surface area (Å²) < 4.78 is 31.9. The van der Waals surface area contributed by atoms with Crippen LogP contribution in [0.3, 0.4) is 0 Å². The Balaban J connectivity index is 1.55. The van der Waals surface area contributed by atoms with Crippen molar-refractivity contribution in [2.75, 3.05) is 58.7 Å². The van der Waals surface area contributed by atoms with Crippen molar-refractivity contribution in [3.63, 3.8) is 0 Å². The second kappa shape index (κ2) is 9.47. The highest BCUT2D eigenvalue weighted by Crippen LogP contribution is 2.20. The van der Waals surface area contributed by atoms with Crippen LogP contribution in [0.25, 0.3) is 0 Å². The van der Waals surface area contributed by atoms with Crippen molar-refractivity contribution < 1.29 is 13.2 Å². The second-order valence-corrected chi connectivity index (χ2v) is 9.61. The molecule has 0 bridgehead atoms. The first kappa shape index (κ1) is 20.7. The van der Waals surface area contributed by atoms with Crippen LogP contribution < -0.4 is 0 Å². The summed E-state index contributed by atoms with van der Waals surface area (Å²) >= 11 is 0. The molecule has 3 rings (SSSR count). The molecule has 2 heterocycles. The Morgan fingerprint density at radius 2 is 1.74 bits per heavy atom. The van der Waals surface area contributed by atoms with E-state index in [-0.39, 0.29) is 6.04 Å². The molecule has 27 heavy (non-hydrogen) atoms. The van der Waals surface area contributed by atoms with Gasteiger partial charge in [-0.2, -0.15) is 4.31 Å². The minimum Gasteiger partial charge on any atom is -0.379 e. The average molecular weight is 396 g/mol. The maximum Gasteiger partial charge on any atom is 0.211 e. The highest BCUT2D eigenvalue weighted by atomic mass is 32.2. The van der Waals surface area contributed by atoms with Gasteiger partial charge in [-0.25, -0.2) is 8.42 Å². The Hall–Kier alpha value is -0.990. The van der Waals surface area contributed by atoms with Gasteiger partial charge in [0.15, 0.2) is 0 Å². The lowest BCUT2D eigenvalue weighted by Gasteiger charge is -2.31. The first-order chi connectivity index (χ1) is 13.0. The highest BCUT2D eigenvalue weighted by Gasteiger charge is 2.33. The molecular formula is C20H33N3O3S. The lowest BCUT2D eigenvalue weighted by atomic mass is 10.1. The van der Waals surface area contributed by atoms with Gasteiger partial charge < -0.3 is 4.74 Å². The van der Waals surface area contributed by atoms with E-state index in [9.17, 15) is 8.42 Å². The van der Waals surface area contributed by atoms with Crippen LogP contribution >= 0.6 is 0 Å². The van der Waals surface area contributed by atoms with E-state index in [4.69, 9.17) is 4.74 Å². The fourth-order valence-corrected chi connectivity index (χ4v) is 5.14. The summed E-state index contributed by atoms with van der Waals surface area (Å²) in [6.07, 6.45) is 3.31. The zero-order chi connectivity index (χ0) is 19.3. The topological polar surface area (TPSA) is 53.1 Å². The van der Waals surface area contributed by atoms with Crippen molar-refractivity contribution in [2.24, 2.45) is 0 Å². The van der Waals surface area contributed by atoms with Crippen molar-refractivity contribution in [3.05, 3.63) is 35.4 Å². The number of likely N-dealkylation sites (tertiary alicyclic amines) is 1. The molecule has 1 unspecified atom stereocenters. The minimum absolute atomic E-state index is 0.0796. The third-order valence-electron chi connectivity index (χ3n) is 5.66. The number of nitrogens with zero attached hydrogens (tertiary/aromatic N) is 3. The average Bonchev–Trinajstić information content (AvgIpc) is 3.10. The van der Waals surface area contributed by atoms with Gasteiger partial charge in [-0.15, -0.1) is 0 Å². The van der Waals surface area contributed by atoms with E-state index in [0.717, 1.165) is 65.3 Å². The third kappa shape index (κ3) is 5.99. The number of rotatable bonds is 8. The van der Waals surface area contributed by atoms with Crippen LogP contribution in [-0.2, 0) is 27.7 Å². The van der Waals surface area contributed by atoms with E-state index in [2.05, 4.69) is 41.0 Å². The Morgan fingerprint density at radius 1 is 1.07 bits per heavy atom. The molecule has 2 aliphatic heterocycles. The smallest absolute Gasteiger partial charge is 0.211 e. The first-order valence-electron chi connectivity index (χ1n) is 10.0. The molecule has 0 aromatic heterocycles. The first-order valence-corrected chi connectivity index (χ1v) is 11.9. The summed E-state index contributed by atoms with van der Waals surface area (Å²) in [5.74, 6) is 0. The predicted molar refractivity (Wildman–Crippen MR) is 108 cm³/mol. The molecule has 0 amide bonds. The van der Waals surface area contributed by atoms with Crippen molar-refractivity contribution in [1.29, 1.82) is 0 Å². The van der Waals surface area contributed by atoms with Gasteiger partial charge in [0.05, 0.1) is 19.5 Å². The SMILES string of the molecule is CCc1ccc(CN2CCC(N(CCN3CCOCC3)S(C)(=O)=O)C2)cc1. The molecular weight excluding hydrogens is 362 g/mol. The van der Waals surface area contributed by atoms with Crippen molar-refractivity contribution in [2.45, 2.75) is 32.4 Å². The predicted octanol–water partition coefficient (Wildman–Crippen LogP) is 1.42. The van der Waals surface area contributed by atoms with E-state index in [1.165, 1.54) is 17.4 Å². The number of benzene rings is 1. The third-order valence-corrected chi connectivity index (χ3v) is 6.99. The van der Waals surface area contributed by atoms with E-state index in [0.29, 0.717) is 6.54 Å². The Morgan fingerprint density at radius 3 is 2.37 bits per heavy atom. The lowest BCUT2D eigenvalue weighted by molar-refractivity contribution is 0.0354. The molecule has 7 heteroatoms. The molecule has 152 valence electrons. The lowest BCUT2D eigenvalue weighted by Crippen LogP contribution is -2.47. The molecule has 0 radical (unpaired) electrons. The molecule has 0 aliphatic carbocycles. The number of hydrogen-bond acceptors (Lipinski definition) is 5. The molecule has 1 atom stereocenters. The molecule has 1 aromatic rings. The van der Waals surface area contributed by atoms with Gasteiger partial charge in [0.1, 0.15) is 0 Å². The molecule has 2 fully saturated rings. The van der Waals surface area contributed by atoms with Crippen LogP contribution in [0.4, 0.5) is 0 Å². The van der Waals surface area contributed by atoms with Crippen molar-refractivity contribution >= 4 is 10.0 Å². The standard InChI is InChI=1S/C20H33N3O3S/c1-3-18-4-6-19(7-5-18)16-22-9-8-20(17-22)23(27(2,24)25)11-10-21-12-14-26-15-13-21/h4-7,20H,3,8-17H2,1-2H3. The van der Waals surface area contributed by atoms with Crippen LogP contribution in [0.15, 0.2) is 24.3 Å². The monoisotopic (exact) mass is 395 g/mol. The second-order valence-electron chi connectivity index (χ2n) is 7.68. The van der Waals surface area contributed by atoms with E-state index in [1.54, 1.807) is 4.31 Å².